The molecular formula is C8H5Cl3OS. The molecule has 5 heteroatoms. The van der Waals surface area contributed by atoms with Crippen LogP contribution < -0.4 is 0 Å². The highest BCUT2D eigenvalue weighted by Gasteiger charge is 2.06. The first-order valence-corrected chi connectivity index (χ1v) is 5.48. The lowest BCUT2D eigenvalue weighted by Gasteiger charge is -2.02. The van der Waals surface area contributed by atoms with Gasteiger partial charge in [0.1, 0.15) is 0 Å². The third-order valence-electron chi connectivity index (χ3n) is 1.26. The minimum absolute atomic E-state index is 0.196. The molecule has 0 heterocycles. The van der Waals surface area contributed by atoms with Crippen LogP contribution in [0.5, 0.6) is 0 Å². The maximum atomic E-state index is 10.5. The smallest absolute Gasteiger partial charge is 0.231 e. The molecule has 13 heavy (non-hydrogen) atoms. The number of carbonyl (C=O) groups excluding carboxylic acids is 1. The van der Waals surface area contributed by atoms with Crippen LogP contribution in [0, 0.1) is 0 Å². The van der Waals surface area contributed by atoms with Crippen LogP contribution in [0.1, 0.15) is 0 Å². The second kappa shape index (κ2) is 5.11. The predicted molar refractivity (Wildman–Crippen MR) is 58.0 cm³/mol. The number of halogens is 3. The zero-order valence-corrected chi connectivity index (χ0v) is 9.47. The van der Waals surface area contributed by atoms with Gasteiger partial charge in [0, 0.05) is 4.90 Å². The molecule has 0 aliphatic heterocycles. The Hall–Kier alpha value is 0.110. The first kappa shape index (κ1) is 11.2. The fourth-order valence-electron chi connectivity index (χ4n) is 0.730. The first-order chi connectivity index (χ1) is 6.11. The van der Waals surface area contributed by atoms with E-state index in [-0.39, 0.29) is 5.75 Å². The van der Waals surface area contributed by atoms with Crippen LogP contribution in [0.25, 0.3) is 0 Å². The molecule has 0 spiro atoms. The molecule has 0 fully saturated rings. The molecule has 0 bridgehead atoms. The number of carbonyl (C=O) groups is 1. The Kier molecular flexibility index (Phi) is 4.39. The van der Waals surface area contributed by atoms with Gasteiger partial charge in [-0.1, -0.05) is 29.3 Å². The standard InChI is InChI=1S/C8H5Cl3OS/c9-5-2-1-3-6(8(5)11)13-4-7(10)12/h1-3H,4H2. The summed E-state index contributed by atoms with van der Waals surface area (Å²) in [5, 5.41) is 0.543. The number of benzene rings is 1. The largest absolute Gasteiger partial charge is 0.280 e. The lowest BCUT2D eigenvalue weighted by atomic mass is 10.4. The lowest BCUT2D eigenvalue weighted by molar-refractivity contribution is -0.109. The maximum absolute atomic E-state index is 10.5. The van der Waals surface area contributed by atoms with Gasteiger partial charge in [0.2, 0.25) is 5.24 Å². The van der Waals surface area contributed by atoms with Crippen molar-refractivity contribution >= 4 is 51.8 Å². The Balaban J connectivity index is 2.77. The van der Waals surface area contributed by atoms with Crippen LogP contribution in [0.2, 0.25) is 10.0 Å². The molecular weight excluding hydrogens is 251 g/mol. The van der Waals surface area contributed by atoms with Crippen LogP contribution in [-0.4, -0.2) is 11.0 Å². The van der Waals surface area contributed by atoms with E-state index < -0.39 is 5.24 Å². The van der Waals surface area contributed by atoms with Gasteiger partial charge in [-0.15, -0.1) is 11.8 Å². The van der Waals surface area contributed by atoms with Gasteiger partial charge in [-0.2, -0.15) is 0 Å². The first-order valence-electron chi connectivity index (χ1n) is 3.36. The monoisotopic (exact) mass is 254 g/mol. The van der Waals surface area contributed by atoms with Gasteiger partial charge in [0.05, 0.1) is 15.8 Å². The second-order valence-corrected chi connectivity index (χ2v) is 4.42. The summed E-state index contributed by atoms with van der Waals surface area (Å²) in [6.07, 6.45) is 0. The summed E-state index contributed by atoms with van der Waals surface area (Å²) in [5.41, 5.74) is 0. The van der Waals surface area contributed by atoms with Crippen LogP contribution in [0.15, 0.2) is 23.1 Å². The van der Waals surface area contributed by atoms with Crippen LogP contribution in [0.3, 0.4) is 0 Å². The third-order valence-corrected chi connectivity index (χ3v) is 3.54. The van der Waals surface area contributed by atoms with Crippen molar-refractivity contribution < 1.29 is 4.79 Å². The molecule has 0 amide bonds. The van der Waals surface area contributed by atoms with E-state index >= 15 is 0 Å². The van der Waals surface area contributed by atoms with E-state index in [2.05, 4.69) is 0 Å². The van der Waals surface area contributed by atoms with Crippen molar-refractivity contribution in [2.75, 3.05) is 5.75 Å². The Morgan fingerprint density at radius 3 is 2.69 bits per heavy atom. The van der Waals surface area contributed by atoms with Gasteiger partial charge >= 0.3 is 0 Å². The number of rotatable bonds is 3. The highest BCUT2D eigenvalue weighted by atomic mass is 35.5. The summed E-state index contributed by atoms with van der Waals surface area (Å²) in [6, 6.07) is 5.25. The van der Waals surface area contributed by atoms with Gasteiger partial charge in [-0.25, -0.2) is 0 Å². The summed E-state index contributed by atoms with van der Waals surface area (Å²) in [4.78, 5) is 11.2. The Bertz CT molecular complexity index is 327. The summed E-state index contributed by atoms with van der Waals surface area (Å²) < 4.78 is 0. The molecule has 1 aromatic rings. The third kappa shape index (κ3) is 3.39. The van der Waals surface area contributed by atoms with E-state index in [4.69, 9.17) is 34.8 Å². The zero-order chi connectivity index (χ0) is 9.84. The van der Waals surface area contributed by atoms with Crippen molar-refractivity contribution in [3.63, 3.8) is 0 Å². The molecule has 0 radical (unpaired) electrons. The Labute approximate surface area is 95.4 Å². The molecule has 1 nitrogen and oxygen atoms in total. The average molecular weight is 256 g/mol. The molecule has 0 saturated heterocycles. The normalized spacial score (nSPS) is 10.1. The van der Waals surface area contributed by atoms with Crippen molar-refractivity contribution in [3.05, 3.63) is 28.2 Å². The van der Waals surface area contributed by atoms with Gasteiger partial charge in [0.15, 0.2) is 0 Å². The number of hydrogen-bond acceptors (Lipinski definition) is 2. The van der Waals surface area contributed by atoms with E-state index in [9.17, 15) is 4.79 Å². The molecule has 0 atom stereocenters. The second-order valence-electron chi connectivity index (χ2n) is 2.20. The molecule has 1 rings (SSSR count). The molecule has 0 aliphatic rings. The van der Waals surface area contributed by atoms with Gasteiger partial charge in [-0.3, -0.25) is 4.79 Å². The average Bonchev–Trinajstić information content (AvgIpc) is 2.07. The van der Waals surface area contributed by atoms with Crippen molar-refractivity contribution in [1.29, 1.82) is 0 Å². The van der Waals surface area contributed by atoms with Gasteiger partial charge in [-0.05, 0) is 23.7 Å². The molecule has 0 aliphatic carbocycles. The lowest BCUT2D eigenvalue weighted by Crippen LogP contribution is -1.89. The van der Waals surface area contributed by atoms with E-state index in [1.165, 1.54) is 11.8 Å². The number of hydrogen-bond donors (Lipinski definition) is 0. The van der Waals surface area contributed by atoms with Crippen LogP contribution in [0.4, 0.5) is 0 Å². The molecule has 70 valence electrons. The minimum Gasteiger partial charge on any atom is -0.280 e. The van der Waals surface area contributed by atoms with Crippen molar-refractivity contribution in [3.8, 4) is 0 Å². The number of thioether (sulfide) groups is 1. The van der Waals surface area contributed by atoms with E-state index in [0.29, 0.717) is 10.0 Å². The SMILES string of the molecule is O=C(Cl)CSc1cccc(Cl)c1Cl. The quantitative estimate of drug-likeness (QED) is 0.603. The minimum atomic E-state index is -0.402. The summed E-state index contributed by atoms with van der Waals surface area (Å²) in [6.45, 7) is 0. The summed E-state index contributed by atoms with van der Waals surface area (Å²) in [5.74, 6) is 0.196. The Morgan fingerprint density at radius 2 is 2.08 bits per heavy atom. The molecule has 1 aromatic carbocycles. The Morgan fingerprint density at radius 1 is 1.38 bits per heavy atom. The van der Waals surface area contributed by atoms with Crippen LogP contribution in [-0.2, 0) is 4.79 Å². The van der Waals surface area contributed by atoms with Crippen molar-refractivity contribution in [1.82, 2.24) is 0 Å². The molecule has 0 unspecified atom stereocenters. The molecule has 0 N–H and O–H groups in total. The fourth-order valence-corrected chi connectivity index (χ4v) is 2.09. The van der Waals surface area contributed by atoms with E-state index in [1.54, 1.807) is 18.2 Å². The van der Waals surface area contributed by atoms with E-state index in [0.717, 1.165) is 4.90 Å². The van der Waals surface area contributed by atoms with Crippen molar-refractivity contribution in [2.24, 2.45) is 0 Å². The van der Waals surface area contributed by atoms with Crippen LogP contribution >= 0.6 is 46.6 Å². The summed E-state index contributed by atoms with van der Waals surface area (Å²) in [7, 11) is 0. The van der Waals surface area contributed by atoms with Crippen molar-refractivity contribution in [2.45, 2.75) is 4.90 Å². The maximum Gasteiger partial charge on any atom is 0.231 e. The molecule has 0 saturated carbocycles. The summed E-state index contributed by atoms with van der Waals surface area (Å²) >= 11 is 18.1. The topological polar surface area (TPSA) is 17.1 Å². The highest BCUT2D eigenvalue weighted by molar-refractivity contribution is 8.00. The van der Waals surface area contributed by atoms with Gasteiger partial charge in [0.25, 0.3) is 0 Å². The van der Waals surface area contributed by atoms with E-state index in [1.807, 2.05) is 0 Å². The molecule has 0 aromatic heterocycles. The predicted octanol–water partition coefficient (Wildman–Crippen LogP) is 3.85. The fraction of sp³-hybridized carbons (Fsp3) is 0.125. The zero-order valence-electron chi connectivity index (χ0n) is 6.39. The van der Waals surface area contributed by atoms with Gasteiger partial charge < -0.3 is 0 Å². The highest BCUT2D eigenvalue weighted by Crippen LogP contribution is 2.32.